The third kappa shape index (κ3) is 6.13. The SMILES string of the molecule is CC(=O)Nc1ccc(C2OC(CN3CCC(n4c(=O)[nH]c5ccccc54)CC3)CC(c3ccc(CO)cc3)O2)cc1. The van der Waals surface area contributed by atoms with Crippen LogP contribution in [0.1, 0.15) is 61.3 Å². The van der Waals surface area contributed by atoms with Crippen molar-refractivity contribution in [1.82, 2.24) is 14.5 Å². The number of fused-ring (bicyclic) bond motifs is 1. The van der Waals surface area contributed by atoms with Gasteiger partial charge in [-0.1, -0.05) is 48.5 Å². The number of aromatic amines is 1. The second-order valence-electron chi connectivity index (χ2n) is 11.0. The van der Waals surface area contributed by atoms with Gasteiger partial charge in [0.2, 0.25) is 5.91 Å². The van der Waals surface area contributed by atoms with Gasteiger partial charge in [0.15, 0.2) is 6.29 Å². The summed E-state index contributed by atoms with van der Waals surface area (Å²) in [7, 11) is 0. The van der Waals surface area contributed by atoms with Gasteiger partial charge in [0.25, 0.3) is 0 Å². The van der Waals surface area contributed by atoms with Crippen LogP contribution in [-0.2, 0) is 20.9 Å². The summed E-state index contributed by atoms with van der Waals surface area (Å²) >= 11 is 0. The van der Waals surface area contributed by atoms with Crippen molar-refractivity contribution in [3.63, 3.8) is 0 Å². The fourth-order valence-corrected chi connectivity index (χ4v) is 6.04. The molecule has 9 nitrogen and oxygen atoms in total. The number of rotatable bonds is 7. The van der Waals surface area contributed by atoms with E-state index in [0.717, 1.165) is 65.9 Å². The average Bonchev–Trinajstić information content (AvgIpc) is 3.33. The number of likely N-dealkylation sites (tertiary alicyclic amines) is 1. The molecule has 41 heavy (non-hydrogen) atoms. The fraction of sp³-hybridized carbons (Fsp3) is 0.375. The molecule has 0 saturated carbocycles. The van der Waals surface area contributed by atoms with Crippen molar-refractivity contribution < 1.29 is 19.4 Å². The molecule has 3 heterocycles. The minimum Gasteiger partial charge on any atom is -0.392 e. The van der Waals surface area contributed by atoms with E-state index in [4.69, 9.17) is 9.47 Å². The van der Waals surface area contributed by atoms with Crippen LogP contribution in [0.25, 0.3) is 11.0 Å². The number of imidazole rings is 1. The summed E-state index contributed by atoms with van der Waals surface area (Å²) in [4.78, 5) is 29.6. The van der Waals surface area contributed by atoms with Crippen molar-refractivity contribution in [1.29, 1.82) is 0 Å². The largest absolute Gasteiger partial charge is 0.392 e. The number of nitrogens with one attached hydrogen (secondary N) is 2. The number of piperidine rings is 1. The Balaban J connectivity index is 1.16. The zero-order valence-electron chi connectivity index (χ0n) is 23.2. The molecular weight excluding hydrogens is 520 g/mol. The van der Waals surface area contributed by atoms with E-state index < -0.39 is 6.29 Å². The van der Waals surface area contributed by atoms with E-state index >= 15 is 0 Å². The normalized spacial score (nSPS) is 22.1. The first-order valence-corrected chi connectivity index (χ1v) is 14.3. The Morgan fingerprint density at radius 1 is 0.976 bits per heavy atom. The quantitative estimate of drug-likeness (QED) is 0.306. The highest BCUT2D eigenvalue weighted by Gasteiger charge is 2.34. The summed E-state index contributed by atoms with van der Waals surface area (Å²) in [5, 5.41) is 12.3. The first kappa shape index (κ1) is 27.4. The van der Waals surface area contributed by atoms with Gasteiger partial charge in [-0.05, 0) is 48.2 Å². The Hall–Kier alpha value is -3.76. The highest BCUT2D eigenvalue weighted by atomic mass is 16.7. The van der Waals surface area contributed by atoms with Crippen LogP contribution in [-0.4, -0.2) is 51.2 Å². The molecule has 2 aliphatic heterocycles. The van der Waals surface area contributed by atoms with Crippen LogP contribution in [0, 0.1) is 0 Å². The zero-order valence-corrected chi connectivity index (χ0v) is 23.2. The lowest BCUT2D eigenvalue weighted by Crippen LogP contribution is -2.43. The maximum absolute atomic E-state index is 12.7. The molecule has 0 bridgehead atoms. The molecule has 9 heteroatoms. The van der Waals surface area contributed by atoms with Gasteiger partial charge in [-0.2, -0.15) is 0 Å². The molecule has 6 rings (SSSR count). The van der Waals surface area contributed by atoms with E-state index in [1.165, 1.54) is 6.92 Å². The summed E-state index contributed by atoms with van der Waals surface area (Å²) in [5.41, 5.74) is 5.32. The molecule has 0 aliphatic carbocycles. The highest BCUT2D eigenvalue weighted by molar-refractivity contribution is 5.88. The van der Waals surface area contributed by atoms with E-state index in [-0.39, 0.29) is 36.5 Å². The highest BCUT2D eigenvalue weighted by Crippen LogP contribution is 2.39. The molecule has 1 aromatic heterocycles. The van der Waals surface area contributed by atoms with Crippen molar-refractivity contribution >= 4 is 22.6 Å². The minimum atomic E-state index is -0.551. The fourth-order valence-electron chi connectivity index (χ4n) is 6.04. The predicted molar refractivity (Wildman–Crippen MR) is 156 cm³/mol. The number of ether oxygens (including phenoxy) is 2. The van der Waals surface area contributed by atoms with Crippen LogP contribution in [0.5, 0.6) is 0 Å². The number of hydrogen-bond donors (Lipinski definition) is 3. The van der Waals surface area contributed by atoms with Crippen molar-refractivity contribution in [2.45, 2.75) is 57.3 Å². The molecular formula is C32H36N4O5. The van der Waals surface area contributed by atoms with Crippen LogP contribution in [0.2, 0.25) is 0 Å². The predicted octanol–water partition coefficient (Wildman–Crippen LogP) is 4.66. The Morgan fingerprint density at radius 2 is 1.68 bits per heavy atom. The van der Waals surface area contributed by atoms with Crippen LogP contribution in [0.15, 0.2) is 77.6 Å². The first-order valence-electron chi connectivity index (χ1n) is 14.3. The Bertz CT molecular complexity index is 1540. The number of hydrogen-bond acceptors (Lipinski definition) is 6. The molecule has 3 aromatic carbocycles. The van der Waals surface area contributed by atoms with Gasteiger partial charge < -0.3 is 29.8 Å². The van der Waals surface area contributed by atoms with Gasteiger partial charge >= 0.3 is 5.69 Å². The molecule has 0 spiro atoms. The molecule has 1 amide bonds. The van der Waals surface area contributed by atoms with Gasteiger partial charge in [-0.25, -0.2) is 4.79 Å². The third-order valence-electron chi connectivity index (χ3n) is 8.13. The minimum absolute atomic E-state index is 0.00143. The Labute approximate surface area is 238 Å². The number of anilines is 1. The molecule has 214 valence electrons. The lowest BCUT2D eigenvalue weighted by atomic mass is 9.98. The molecule has 3 atom stereocenters. The van der Waals surface area contributed by atoms with Crippen molar-refractivity contribution in [2.75, 3.05) is 25.0 Å². The summed E-state index contributed by atoms with van der Waals surface area (Å²) in [6, 6.07) is 23.5. The average molecular weight is 557 g/mol. The summed E-state index contributed by atoms with van der Waals surface area (Å²) in [6.45, 7) is 4.01. The smallest absolute Gasteiger partial charge is 0.326 e. The van der Waals surface area contributed by atoms with E-state index in [1.807, 2.05) is 77.4 Å². The molecule has 2 fully saturated rings. The van der Waals surface area contributed by atoms with Gasteiger partial charge in [0.05, 0.1) is 29.8 Å². The van der Waals surface area contributed by atoms with E-state index in [0.29, 0.717) is 6.42 Å². The van der Waals surface area contributed by atoms with Gasteiger partial charge in [-0.15, -0.1) is 0 Å². The number of aromatic nitrogens is 2. The lowest BCUT2D eigenvalue weighted by Gasteiger charge is -2.40. The van der Waals surface area contributed by atoms with Crippen LogP contribution in [0.3, 0.4) is 0 Å². The number of H-pyrrole nitrogens is 1. The first-order chi connectivity index (χ1) is 20.0. The van der Waals surface area contributed by atoms with Gasteiger partial charge in [0, 0.05) is 50.3 Å². The van der Waals surface area contributed by atoms with Crippen molar-refractivity contribution in [2.24, 2.45) is 0 Å². The van der Waals surface area contributed by atoms with Gasteiger partial charge in [0.1, 0.15) is 0 Å². The molecule has 0 radical (unpaired) electrons. The van der Waals surface area contributed by atoms with Crippen molar-refractivity contribution in [3.8, 4) is 0 Å². The van der Waals surface area contributed by atoms with E-state index in [9.17, 15) is 14.7 Å². The summed E-state index contributed by atoms with van der Waals surface area (Å²) < 4.78 is 14.9. The molecule has 3 unspecified atom stereocenters. The zero-order chi connectivity index (χ0) is 28.3. The number of para-hydroxylation sites is 2. The Kier molecular flexibility index (Phi) is 8.02. The molecule has 2 saturated heterocycles. The monoisotopic (exact) mass is 556 g/mol. The summed E-state index contributed by atoms with van der Waals surface area (Å²) in [6.07, 6.45) is 1.73. The maximum Gasteiger partial charge on any atom is 0.326 e. The second kappa shape index (κ2) is 12.0. The number of amides is 1. The van der Waals surface area contributed by atoms with Crippen LogP contribution in [0.4, 0.5) is 5.69 Å². The molecule has 2 aliphatic rings. The number of nitrogens with zero attached hydrogens (tertiary/aromatic N) is 2. The number of carbonyl (C=O) groups excluding carboxylic acids is 1. The topological polar surface area (TPSA) is 109 Å². The number of aliphatic hydroxyl groups excluding tert-OH is 1. The number of carbonyl (C=O) groups is 1. The molecule has 3 N–H and O–H groups in total. The van der Waals surface area contributed by atoms with Crippen LogP contribution < -0.4 is 11.0 Å². The van der Waals surface area contributed by atoms with Gasteiger partial charge in [-0.3, -0.25) is 9.36 Å². The summed E-state index contributed by atoms with van der Waals surface area (Å²) in [5.74, 6) is -0.118. The van der Waals surface area contributed by atoms with E-state index in [1.54, 1.807) is 0 Å². The number of aliphatic hydroxyl groups is 1. The Morgan fingerprint density at radius 3 is 2.39 bits per heavy atom. The standard InChI is InChI=1S/C32H36N4O5/c1-21(38)33-25-12-10-24(11-13-25)31-40-27(18-30(41-31)23-8-6-22(20-37)7-9-23)19-35-16-14-26(15-17-35)36-29-5-3-2-4-28(29)34-32(36)39/h2-13,26-27,30-31,37H,14-20H2,1H3,(H,33,38)(H,34,39). The van der Waals surface area contributed by atoms with E-state index in [2.05, 4.69) is 15.2 Å². The number of benzene rings is 3. The lowest BCUT2D eigenvalue weighted by molar-refractivity contribution is -0.253. The molecule has 4 aromatic rings. The second-order valence-corrected chi connectivity index (χ2v) is 11.0. The van der Waals surface area contributed by atoms with Crippen LogP contribution >= 0.6 is 0 Å². The van der Waals surface area contributed by atoms with Crippen molar-refractivity contribution in [3.05, 3.63) is 100.0 Å². The maximum atomic E-state index is 12.7. The third-order valence-corrected chi connectivity index (χ3v) is 8.13.